The molecule has 3 nitrogen and oxygen atoms in total. The number of hydrogen-bond donors (Lipinski definition) is 0. The quantitative estimate of drug-likeness (QED) is 0.342. The largest absolute Gasteiger partial charge is 0.462 e. The SMILES string of the molecule is CCC(=O)CC[C@@H](C)[C@H]1CC[C@@H]2[C@H]3CC=C4C[C@@H](OC(C)=O)CC[C@]4(C)[C@@H]3CC[C@]21C. The molecule has 0 aromatic carbocycles. The molecule has 3 heteroatoms. The van der Waals surface area contributed by atoms with Crippen molar-refractivity contribution in [3.05, 3.63) is 11.6 Å². The Morgan fingerprint density at radius 3 is 2.61 bits per heavy atom. The van der Waals surface area contributed by atoms with Gasteiger partial charge in [0.1, 0.15) is 11.9 Å². The molecule has 0 bridgehead atoms. The van der Waals surface area contributed by atoms with Crippen molar-refractivity contribution in [1.82, 2.24) is 0 Å². The number of Topliss-reactive ketones (excluding diaryl/α,β-unsaturated/α-hetero) is 1. The van der Waals surface area contributed by atoms with Gasteiger partial charge < -0.3 is 4.74 Å². The molecule has 3 fully saturated rings. The van der Waals surface area contributed by atoms with Crippen LogP contribution in [-0.4, -0.2) is 17.9 Å². The summed E-state index contributed by atoms with van der Waals surface area (Å²) in [5.74, 6) is 4.17. The highest BCUT2D eigenvalue weighted by atomic mass is 16.5. The Morgan fingerprint density at radius 1 is 1.13 bits per heavy atom. The van der Waals surface area contributed by atoms with E-state index in [1.807, 2.05) is 6.92 Å². The van der Waals surface area contributed by atoms with E-state index in [-0.39, 0.29) is 12.1 Å². The molecule has 0 aromatic rings. The number of allylic oxidation sites excluding steroid dienone is 1. The number of carbonyl (C=O) groups is 2. The van der Waals surface area contributed by atoms with Crippen LogP contribution in [0, 0.1) is 40.4 Å². The Hall–Kier alpha value is -1.12. The first-order chi connectivity index (χ1) is 14.7. The van der Waals surface area contributed by atoms with E-state index >= 15 is 0 Å². The number of ketones is 1. The van der Waals surface area contributed by atoms with E-state index in [2.05, 4.69) is 26.8 Å². The Bertz CT molecular complexity index is 739. The maximum Gasteiger partial charge on any atom is 0.302 e. The molecule has 0 saturated heterocycles. The molecule has 31 heavy (non-hydrogen) atoms. The maximum absolute atomic E-state index is 11.9. The van der Waals surface area contributed by atoms with Gasteiger partial charge in [-0.3, -0.25) is 9.59 Å². The summed E-state index contributed by atoms with van der Waals surface area (Å²) in [5, 5.41) is 0. The van der Waals surface area contributed by atoms with Crippen LogP contribution in [0.2, 0.25) is 0 Å². The van der Waals surface area contributed by atoms with Gasteiger partial charge in [-0.05, 0) is 91.8 Å². The van der Waals surface area contributed by atoms with Crippen LogP contribution in [0.4, 0.5) is 0 Å². The third kappa shape index (κ3) is 4.04. The third-order valence-electron chi connectivity index (χ3n) is 10.4. The fraction of sp³-hybridized carbons (Fsp3) is 0.857. The molecule has 174 valence electrons. The van der Waals surface area contributed by atoms with Crippen LogP contribution < -0.4 is 0 Å². The fourth-order valence-corrected chi connectivity index (χ4v) is 8.70. The molecule has 3 saturated carbocycles. The topological polar surface area (TPSA) is 43.4 Å². The first-order valence-corrected chi connectivity index (χ1v) is 13.1. The monoisotopic (exact) mass is 428 g/mol. The van der Waals surface area contributed by atoms with Gasteiger partial charge in [-0.2, -0.15) is 0 Å². The molecule has 0 spiro atoms. The number of hydrogen-bond acceptors (Lipinski definition) is 3. The molecular weight excluding hydrogens is 384 g/mol. The van der Waals surface area contributed by atoms with Crippen molar-refractivity contribution in [2.75, 3.05) is 0 Å². The van der Waals surface area contributed by atoms with Crippen LogP contribution in [0.3, 0.4) is 0 Å². The second-order valence-electron chi connectivity index (χ2n) is 11.9. The van der Waals surface area contributed by atoms with Gasteiger partial charge in [0.05, 0.1) is 0 Å². The van der Waals surface area contributed by atoms with Gasteiger partial charge in [0.15, 0.2) is 0 Å². The van der Waals surface area contributed by atoms with Crippen molar-refractivity contribution in [3.63, 3.8) is 0 Å². The number of esters is 1. The van der Waals surface area contributed by atoms with Gasteiger partial charge in [0.25, 0.3) is 0 Å². The molecule has 0 unspecified atom stereocenters. The lowest BCUT2D eigenvalue weighted by molar-refractivity contribution is -0.148. The smallest absolute Gasteiger partial charge is 0.302 e. The predicted molar refractivity (Wildman–Crippen MR) is 124 cm³/mol. The Morgan fingerprint density at radius 2 is 1.90 bits per heavy atom. The predicted octanol–water partition coefficient (Wildman–Crippen LogP) is 6.89. The number of rotatable bonds is 6. The number of ether oxygens (including phenoxy) is 1. The van der Waals surface area contributed by atoms with Gasteiger partial charge >= 0.3 is 5.97 Å². The lowest BCUT2D eigenvalue weighted by Gasteiger charge is -2.58. The minimum atomic E-state index is -0.136. The van der Waals surface area contributed by atoms with Gasteiger partial charge in [-0.25, -0.2) is 0 Å². The Kier molecular flexibility index (Phi) is 6.45. The minimum absolute atomic E-state index is 0.0878. The third-order valence-corrected chi connectivity index (χ3v) is 10.4. The van der Waals surface area contributed by atoms with Crippen LogP contribution in [0.15, 0.2) is 11.6 Å². The summed E-state index contributed by atoms with van der Waals surface area (Å²) in [6.45, 7) is 11.1. The zero-order chi connectivity index (χ0) is 22.4. The van der Waals surface area contributed by atoms with E-state index in [9.17, 15) is 9.59 Å². The first kappa shape index (κ1) is 23.1. The van der Waals surface area contributed by atoms with E-state index < -0.39 is 0 Å². The first-order valence-electron chi connectivity index (χ1n) is 13.1. The van der Waals surface area contributed by atoms with Crippen molar-refractivity contribution < 1.29 is 14.3 Å². The summed E-state index contributed by atoms with van der Waals surface area (Å²) in [6, 6.07) is 0. The van der Waals surface area contributed by atoms with E-state index in [1.165, 1.54) is 45.4 Å². The summed E-state index contributed by atoms with van der Waals surface area (Å²) in [6.07, 6.45) is 15.0. The zero-order valence-corrected chi connectivity index (χ0v) is 20.5. The molecule has 0 aromatic heterocycles. The summed E-state index contributed by atoms with van der Waals surface area (Å²) in [5.41, 5.74) is 2.33. The molecule has 0 heterocycles. The second kappa shape index (κ2) is 8.67. The van der Waals surface area contributed by atoms with E-state index in [0.717, 1.165) is 49.4 Å². The molecule has 8 atom stereocenters. The summed E-state index contributed by atoms with van der Waals surface area (Å²) >= 11 is 0. The second-order valence-corrected chi connectivity index (χ2v) is 11.9. The Labute approximate surface area is 189 Å². The highest BCUT2D eigenvalue weighted by molar-refractivity contribution is 5.77. The summed E-state index contributed by atoms with van der Waals surface area (Å²) in [7, 11) is 0. The molecule has 0 radical (unpaired) electrons. The lowest BCUT2D eigenvalue weighted by atomic mass is 9.47. The van der Waals surface area contributed by atoms with Crippen molar-refractivity contribution in [3.8, 4) is 0 Å². The van der Waals surface area contributed by atoms with Gasteiger partial charge in [0.2, 0.25) is 0 Å². The average Bonchev–Trinajstić information content (AvgIpc) is 3.09. The highest BCUT2D eigenvalue weighted by Gasteiger charge is 2.59. The molecule has 4 aliphatic rings. The maximum atomic E-state index is 11.9. The van der Waals surface area contributed by atoms with E-state index in [4.69, 9.17) is 4.74 Å². The zero-order valence-electron chi connectivity index (χ0n) is 20.5. The number of fused-ring (bicyclic) bond motifs is 5. The van der Waals surface area contributed by atoms with Gasteiger partial charge in [-0.15, -0.1) is 0 Å². The van der Waals surface area contributed by atoms with Crippen LogP contribution in [0.25, 0.3) is 0 Å². The van der Waals surface area contributed by atoms with Gasteiger partial charge in [-0.1, -0.05) is 39.3 Å². The van der Waals surface area contributed by atoms with Crippen molar-refractivity contribution in [2.24, 2.45) is 40.4 Å². The molecule has 0 N–H and O–H groups in total. The van der Waals surface area contributed by atoms with Crippen molar-refractivity contribution in [1.29, 1.82) is 0 Å². The molecule has 4 aliphatic carbocycles. The minimum Gasteiger partial charge on any atom is -0.462 e. The average molecular weight is 429 g/mol. The Balaban J connectivity index is 1.48. The van der Waals surface area contributed by atoms with Crippen LogP contribution in [0.5, 0.6) is 0 Å². The summed E-state index contributed by atoms with van der Waals surface area (Å²) in [4.78, 5) is 23.4. The van der Waals surface area contributed by atoms with Crippen LogP contribution in [-0.2, 0) is 14.3 Å². The fourth-order valence-electron chi connectivity index (χ4n) is 8.70. The normalized spacial score (nSPS) is 42.6. The molecular formula is C28H44O3. The standard InChI is InChI=1S/C28H44O3/c1-6-21(30)9-7-18(2)24-11-12-25-23-10-8-20-17-22(31-19(3)29)13-15-27(20,4)26(23)14-16-28(24,25)5/h8,18,22-26H,6-7,9-17H2,1-5H3/t18-,22+,23-,24-,25-,26-,27+,28+/m1/s1. The summed E-state index contributed by atoms with van der Waals surface area (Å²) < 4.78 is 5.59. The van der Waals surface area contributed by atoms with E-state index in [0.29, 0.717) is 29.0 Å². The highest BCUT2D eigenvalue weighted by Crippen LogP contribution is 2.67. The van der Waals surface area contributed by atoms with Crippen molar-refractivity contribution in [2.45, 2.75) is 111 Å². The van der Waals surface area contributed by atoms with Crippen LogP contribution in [0.1, 0.15) is 105 Å². The lowest BCUT2D eigenvalue weighted by Crippen LogP contribution is -2.51. The van der Waals surface area contributed by atoms with Crippen molar-refractivity contribution >= 4 is 11.8 Å². The van der Waals surface area contributed by atoms with Gasteiger partial charge in [0, 0.05) is 26.2 Å². The molecule has 0 amide bonds. The molecule has 4 rings (SSSR count). The van der Waals surface area contributed by atoms with Crippen LogP contribution >= 0.6 is 0 Å². The number of carbonyl (C=O) groups excluding carboxylic acids is 2. The molecule has 0 aliphatic heterocycles. The van der Waals surface area contributed by atoms with E-state index in [1.54, 1.807) is 5.57 Å².